The van der Waals surface area contributed by atoms with Gasteiger partial charge in [-0.05, 0) is 12.0 Å². The lowest BCUT2D eigenvalue weighted by Gasteiger charge is -2.19. The molecule has 1 aromatic carbocycles. The summed E-state index contributed by atoms with van der Waals surface area (Å²) in [6, 6.07) is 9.86. The number of benzene rings is 1. The van der Waals surface area contributed by atoms with E-state index >= 15 is 0 Å². The van der Waals surface area contributed by atoms with Crippen LogP contribution in [0.5, 0.6) is 0 Å². The molecule has 5 atom stereocenters. The minimum atomic E-state index is -5.66. The molecule has 1 aliphatic rings. The number of ether oxygens (including phenoxy) is 1. The fourth-order valence-corrected chi connectivity index (χ4v) is 6.70. The maximum atomic E-state index is 11.9. The van der Waals surface area contributed by atoms with E-state index in [4.69, 9.17) is 14.5 Å². The molecule has 1 fully saturated rings. The van der Waals surface area contributed by atoms with E-state index in [0.29, 0.717) is 23.5 Å². The highest BCUT2D eigenvalue weighted by Gasteiger charge is 2.43. The normalized spacial score (nSPS) is 23.2. The van der Waals surface area contributed by atoms with Crippen LogP contribution in [0.2, 0.25) is 0 Å². The van der Waals surface area contributed by atoms with E-state index in [2.05, 4.69) is 33.4 Å². The molecule has 17 nitrogen and oxygen atoms in total. The fraction of sp³-hybridized carbons (Fsp3) is 0.389. The number of nitrogens with zero attached hydrogens (tertiary/aromatic N) is 4. The largest absolute Gasteiger partial charge is 0.490 e. The van der Waals surface area contributed by atoms with Crippen molar-refractivity contribution >= 4 is 40.4 Å². The second-order valence-corrected chi connectivity index (χ2v) is 12.4. The highest BCUT2D eigenvalue weighted by atomic mass is 31.3. The number of hydrogen-bond acceptors (Lipinski definition) is 12. The van der Waals surface area contributed by atoms with E-state index in [0.717, 1.165) is 12.0 Å². The average molecular weight is 595 g/mol. The summed E-state index contributed by atoms with van der Waals surface area (Å²) in [5, 5.41) is 13.6. The SMILES string of the molecule is O=P(O)(O)OP(=O)(O)OP(=O)(O)OC[C@H]1O[C@@H](n2cnc3c(NCCc4ccccc4)ncnc32)C[C@H]1O. The zero-order valence-corrected chi connectivity index (χ0v) is 22.0. The van der Waals surface area contributed by atoms with Gasteiger partial charge in [-0.2, -0.15) is 8.62 Å². The Balaban J connectivity index is 1.37. The predicted octanol–water partition coefficient (Wildman–Crippen LogP) is 1.47. The lowest BCUT2D eigenvalue weighted by Crippen LogP contribution is -2.26. The molecule has 4 rings (SSSR count). The minimum absolute atomic E-state index is 0.0106. The van der Waals surface area contributed by atoms with E-state index in [1.54, 1.807) is 0 Å². The van der Waals surface area contributed by atoms with Crippen LogP contribution in [0.3, 0.4) is 0 Å². The van der Waals surface area contributed by atoms with Crippen molar-refractivity contribution in [3.63, 3.8) is 0 Å². The predicted molar refractivity (Wildman–Crippen MR) is 128 cm³/mol. The molecule has 6 N–H and O–H groups in total. The number of anilines is 1. The van der Waals surface area contributed by atoms with Crippen LogP contribution in [0, 0.1) is 0 Å². The third-order valence-electron chi connectivity index (χ3n) is 5.24. The summed E-state index contributed by atoms with van der Waals surface area (Å²) in [6.45, 7) is -0.195. The van der Waals surface area contributed by atoms with Gasteiger partial charge in [0.25, 0.3) is 0 Å². The van der Waals surface area contributed by atoms with Crippen LogP contribution < -0.4 is 5.32 Å². The van der Waals surface area contributed by atoms with Crippen molar-refractivity contribution in [1.29, 1.82) is 0 Å². The van der Waals surface area contributed by atoms with Crippen LogP contribution in [0.1, 0.15) is 18.2 Å². The Hall–Kier alpha value is -2.10. The first-order chi connectivity index (χ1) is 17.8. The van der Waals surface area contributed by atoms with Crippen LogP contribution in [0.25, 0.3) is 11.2 Å². The van der Waals surface area contributed by atoms with Gasteiger partial charge in [0, 0.05) is 13.0 Å². The molecule has 0 saturated carbocycles. The van der Waals surface area contributed by atoms with Crippen molar-refractivity contribution in [2.75, 3.05) is 18.5 Å². The second kappa shape index (κ2) is 11.6. The lowest BCUT2D eigenvalue weighted by atomic mass is 10.1. The summed E-state index contributed by atoms with van der Waals surface area (Å²) in [4.78, 5) is 48.8. The number of phosphoric acid groups is 3. The topological polar surface area (TPSA) is 245 Å². The van der Waals surface area contributed by atoms with E-state index in [-0.39, 0.29) is 6.42 Å². The zero-order valence-electron chi connectivity index (χ0n) is 19.3. The molecule has 3 heterocycles. The van der Waals surface area contributed by atoms with Gasteiger partial charge in [0.2, 0.25) is 0 Å². The zero-order chi connectivity index (χ0) is 27.6. The van der Waals surface area contributed by atoms with Crippen LogP contribution in [-0.4, -0.2) is 69.6 Å². The number of aromatic nitrogens is 4. The maximum Gasteiger partial charge on any atom is 0.490 e. The highest BCUT2D eigenvalue weighted by Crippen LogP contribution is 2.66. The van der Waals surface area contributed by atoms with Crippen LogP contribution in [0.15, 0.2) is 43.0 Å². The molecule has 1 aliphatic heterocycles. The molecule has 1 saturated heterocycles. The standard InChI is InChI=1S/C18H24N5O12P3/c24-13-8-15(33-14(13)9-32-37(28,29)35-38(30,31)34-36(25,26)27)23-11-22-16-17(20-10-21-18(16)23)19-7-6-12-4-2-1-3-5-12/h1-5,10-11,13-15,24H,6-9H2,(H,28,29)(H,30,31)(H,19,20,21)(H2,25,26,27)/t13-,14-,15-/m1/s1. The first-order valence-electron chi connectivity index (χ1n) is 10.9. The summed E-state index contributed by atoms with van der Waals surface area (Å²) >= 11 is 0. The number of phosphoric ester groups is 1. The van der Waals surface area contributed by atoms with Crippen LogP contribution >= 0.6 is 23.5 Å². The van der Waals surface area contributed by atoms with Crippen LogP contribution in [-0.2, 0) is 38.0 Å². The number of fused-ring (bicyclic) bond motifs is 1. The summed E-state index contributed by atoms with van der Waals surface area (Å²) in [5.74, 6) is 0.493. The molecule has 0 amide bonds. The molecule has 0 bridgehead atoms. The van der Waals surface area contributed by atoms with E-state index in [1.165, 1.54) is 17.2 Å². The number of imidazole rings is 1. The summed E-state index contributed by atoms with van der Waals surface area (Å²) < 4.78 is 53.2. The molecule has 208 valence electrons. The molecule has 2 aromatic heterocycles. The average Bonchev–Trinajstić information content (AvgIpc) is 3.40. The van der Waals surface area contributed by atoms with Gasteiger partial charge in [0.15, 0.2) is 17.0 Å². The first-order valence-corrected chi connectivity index (χ1v) is 15.4. The Morgan fingerprint density at radius 3 is 2.47 bits per heavy atom. The van der Waals surface area contributed by atoms with E-state index in [1.807, 2.05) is 30.3 Å². The maximum absolute atomic E-state index is 11.9. The number of hydrogen-bond donors (Lipinski definition) is 6. The quantitative estimate of drug-likeness (QED) is 0.162. The van der Waals surface area contributed by atoms with E-state index < -0.39 is 48.5 Å². The van der Waals surface area contributed by atoms with Crippen molar-refractivity contribution in [3.8, 4) is 0 Å². The van der Waals surface area contributed by atoms with Gasteiger partial charge in [-0.1, -0.05) is 30.3 Å². The van der Waals surface area contributed by atoms with Gasteiger partial charge >= 0.3 is 23.5 Å². The second-order valence-electron chi connectivity index (χ2n) is 8.03. The molecule has 3 aromatic rings. The van der Waals surface area contributed by atoms with Gasteiger partial charge in [-0.15, -0.1) is 0 Å². The van der Waals surface area contributed by atoms with E-state index in [9.17, 15) is 28.6 Å². The summed E-state index contributed by atoms with van der Waals surface area (Å²) in [7, 11) is -16.5. The highest BCUT2D eigenvalue weighted by molar-refractivity contribution is 7.66. The smallest absolute Gasteiger partial charge is 0.390 e. The molecule has 20 heteroatoms. The molecule has 0 aliphatic carbocycles. The molecule has 0 spiro atoms. The Kier molecular flexibility index (Phi) is 8.79. The van der Waals surface area contributed by atoms with Crippen molar-refractivity contribution in [2.24, 2.45) is 0 Å². The Labute approximate surface area is 214 Å². The Morgan fingerprint density at radius 1 is 1.03 bits per heavy atom. The monoisotopic (exact) mass is 595 g/mol. The van der Waals surface area contributed by atoms with Crippen molar-refractivity contribution in [1.82, 2.24) is 19.5 Å². The lowest BCUT2D eigenvalue weighted by molar-refractivity contribution is -0.0423. The number of nitrogens with one attached hydrogen (secondary N) is 1. The number of rotatable bonds is 12. The third-order valence-corrected chi connectivity index (χ3v) is 9.04. The molecule has 38 heavy (non-hydrogen) atoms. The Morgan fingerprint density at radius 2 is 1.76 bits per heavy atom. The van der Waals surface area contributed by atoms with Gasteiger partial charge < -0.3 is 34.7 Å². The van der Waals surface area contributed by atoms with Crippen LogP contribution in [0.4, 0.5) is 5.82 Å². The minimum Gasteiger partial charge on any atom is -0.390 e. The molecule has 0 radical (unpaired) electrons. The van der Waals surface area contributed by atoms with Gasteiger partial charge in [-0.25, -0.2) is 28.6 Å². The summed E-state index contributed by atoms with van der Waals surface area (Å²) in [6.07, 6.45) is 0.339. The van der Waals surface area contributed by atoms with Gasteiger partial charge in [-0.3, -0.25) is 9.09 Å². The van der Waals surface area contributed by atoms with Gasteiger partial charge in [0.1, 0.15) is 18.7 Å². The molecular weight excluding hydrogens is 571 g/mol. The third kappa shape index (κ3) is 7.73. The molecular formula is C18H24N5O12P3. The van der Waals surface area contributed by atoms with Crippen molar-refractivity contribution < 1.29 is 56.3 Å². The molecule has 2 unspecified atom stereocenters. The summed E-state index contributed by atoms with van der Waals surface area (Å²) in [5.41, 5.74) is 2.00. The van der Waals surface area contributed by atoms with Gasteiger partial charge in [0.05, 0.1) is 19.0 Å². The first kappa shape index (κ1) is 28.9. The van der Waals surface area contributed by atoms with Crippen molar-refractivity contribution in [3.05, 3.63) is 48.5 Å². The Bertz CT molecular complexity index is 1400. The van der Waals surface area contributed by atoms with Crippen molar-refractivity contribution in [2.45, 2.75) is 31.3 Å². The number of aliphatic hydroxyl groups excluding tert-OH is 1. The fourth-order valence-electron chi connectivity index (χ4n) is 3.67. The number of aliphatic hydroxyl groups is 1.